The van der Waals surface area contributed by atoms with Gasteiger partial charge in [-0.1, -0.05) is 32.8 Å². The van der Waals surface area contributed by atoms with E-state index in [1.165, 1.54) is 19.3 Å². The molecular weight excluding hydrogens is 276 g/mol. The number of allylic oxidation sites excluding steroid dienone is 1. The second kappa shape index (κ2) is 7.92. The Morgan fingerprint density at radius 2 is 1.86 bits per heavy atom. The Hall–Kier alpha value is -1.90. The predicted molar refractivity (Wildman–Crippen MR) is 90.3 cm³/mol. The van der Waals surface area contributed by atoms with Crippen LogP contribution in [0.3, 0.4) is 0 Å². The number of unbranched alkanes of at least 4 members (excludes halogenated alkanes) is 3. The lowest BCUT2D eigenvalue weighted by molar-refractivity contribution is 0.145. The van der Waals surface area contributed by atoms with Gasteiger partial charge in [0.25, 0.3) is 0 Å². The third kappa shape index (κ3) is 3.65. The number of ether oxygens (including phenoxy) is 3. The summed E-state index contributed by atoms with van der Waals surface area (Å²) in [6, 6.07) is 3.99. The first-order valence-electron chi connectivity index (χ1n) is 7.99. The fourth-order valence-electron chi connectivity index (χ4n) is 2.75. The highest BCUT2D eigenvalue weighted by molar-refractivity contribution is 5.64. The molecule has 2 rings (SSSR count). The van der Waals surface area contributed by atoms with E-state index in [4.69, 9.17) is 14.2 Å². The SMILES string of the molecule is C=CC1OC(CCCCCC)=Cc2cc(OC)c(OC)cc21. The number of rotatable bonds is 8. The van der Waals surface area contributed by atoms with Gasteiger partial charge in [0, 0.05) is 12.0 Å². The summed E-state index contributed by atoms with van der Waals surface area (Å²) in [4.78, 5) is 0. The highest BCUT2D eigenvalue weighted by Gasteiger charge is 2.22. The lowest BCUT2D eigenvalue weighted by atomic mass is 9.97. The summed E-state index contributed by atoms with van der Waals surface area (Å²) < 4.78 is 16.8. The van der Waals surface area contributed by atoms with E-state index in [0.717, 1.165) is 41.2 Å². The molecule has 0 amide bonds. The molecule has 0 saturated carbocycles. The minimum atomic E-state index is -0.124. The average Bonchev–Trinajstić information content (AvgIpc) is 2.56. The molecule has 1 aromatic rings. The number of fused-ring (bicyclic) bond motifs is 1. The summed E-state index contributed by atoms with van der Waals surface area (Å²) in [5, 5.41) is 0. The van der Waals surface area contributed by atoms with E-state index in [2.05, 4.69) is 19.6 Å². The van der Waals surface area contributed by atoms with E-state index in [1.807, 2.05) is 18.2 Å². The third-order valence-electron chi connectivity index (χ3n) is 3.98. The van der Waals surface area contributed by atoms with Gasteiger partial charge in [0.05, 0.1) is 20.0 Å². The maximum absolute atomic E-state index is 6.06. The van der Waals surface area contributed by atoms with Crippen LogP contribution in [-0.4, -0.2) is 14.2 Å². The molecular formula is C19H26O3. The Balaban J connectivity index is 2.25. The van der Waals surface area contributed by atoms with E-state index in [9.17, 15) is 0 Å². The average molecular weight is 302 g/mol. The van der Waals surface area contributed by atoms with Crippen molar-refractivity contribution in [3.63, 3.8) is 0 Å². The van der Waals surface area contributed by atoms with Crippen molar-refractivity contribution >= 4 is 6.08 Å². The molecule has 1 aliphatic rings. The molecule has 0 spiro atoms. The minimum absolute atomic E-state index is 0.124. The molecule has 0 bridgehead atoms. The zero-order valence-corrected chi connectivity index (χ0v) is 13.9. The summed E-state index contributed by atoms with van der Waals surface area (Å²) in [5.41, 5.74) is 2.20. The lowest BCUT2D eigenvalue weighted by Crippen LogP contribution is -2.09. The van der Waals surface area contributed by atoms with Crippen molar-refractivity contribution in [2.45, 2.75) is 45.1 Å². The first-order chi connectivity index (χ1) is 10.7. The van der Waals surface area contributed by atoms with E-state index in [-0.39, 0.29) is 6.10 Å². The van der Waals surface area contributed by atoms with Gasteiger partial charge in [-0.15, -0.1) is 0 Å². The Morgan fingerprint density at radius 1 is 1.14 bits per heavy atom. The van der Waals surface area contributed by atoms with Crippen LogP contribution in [-0.2, 0) is 4.74 Å². The van der Waals surface area contributed by atoms with Gasteiger partial charge in [-0.2, -0.15) is 0 Å². The smallest absolute Gasteiger partial charge is 0.161 e. The zero-order valence-electron chi connectivity index (χ0n) is 13.9. The quantitative estimate of drug-likeness (QED) is 0.483. The van der Waals surface area contributed by atoms with Crippen LogP contribution >= 0.6 is 0 Å². The molecule has 1 unspecified atom stereocenters. The second-order valence-corrected chi connectivity index (χ2v) is 5.53. The molecule has 0 fully saturated rings. The van der Waals surface area contributed by atoms with Crippen LogP contribution in [0.5, 0.6) is 11.5 Å². The minimum Gasteiger partial charge on any atom is -0.493 e. The van der Waals surface area contributed by atoms with Gasteiger partial charge in [-0.05, 0) is 36.3 Å². The maximum Gasteiger partial charge on any atom is 0.161 e. The number of methoxy groups -OCH3 is 2. The molecule has 1 aromatic carbocycles. The van der Waals surface area contributed by atoms with Gasteiger partial charge in [-0.25, -0.2) is 0 Å². The predicted octanol–water partition coefficient (Wildman–Crippen LogP) is 5.27. The van der Waals surface area contributed by atoms with Crippen LogP contribution < -0.4 is 9.47 Å². The van der Waals surface area contributed by atoms with Gasteiger partial charge >= 0.3 is 0 Å². The van der Waals surface area contributed by atoms with Crippen LogP contribution in [0.4, 0.5) is 0 Å². The molecule has 22 heavy (non-hydrogen) atoms. The summed E-state index contributed by atoms with van der Waals surface area (Å²) in [6.45, 7) is 6.12. The van der Waals surface area contributed by atoms with Crippen LogP contribution in [0.1, 0.15) is 56.3 Å². The normalized spacial score (nSPS) is 16.3. The number of hydrogen-bond donors (Lipinski definition) is 0. The molecule has 0 saturated heterocycles. The van der Waals surface area contributed by atoms with E-state index in [0.29, 0.717) is 0 Å². The number of hydrogen-bond acceptors (Lipinski definition) is 3. The Morgan fingerprint density at radius 3 is 2.50 bits per heavy atom. The van der Waals surface area contributed by atoms with Gasteiger partial charge in [0.1, 0.15) is 6.10 Å². The maximum atomic E-state index is 6.06. The fraction of sp³-hybridized carbons (Fsp3) is 0.474. The summed E-state index contributed by atoms with van der Waals surface area (Å²) in [7, 11) is 3.30. The molecule has 1 aliphatic heterocycles. The molecule has 120 valence electrons. The van der Waals surface area contributed by atoms with Gasteiger partial charge in [-0.3, -0.25) is 0 Å². The fourth-order valence-corrected chi connectivity index (χ4v) is 2.75. The van der Waals surface area contributed by atoms with Crippen LogP contribution in [0, 0.1) is 0 Å². The Kier molecular flexibility index (Phi) is 5.93. The first-order valence-corrected chi connectivity index (χ1v) is 7.99. The van der Waals surface area contributed by atoms with Crippen molar-refractivity contribution in [1.29, 1.82) is 0 Å². The largest absolute Gasteiger partial charge is 0.493 e. The third-order valence-corrected chi connectivity index (χ3v) is 3.98. The first kappa shape index (κ1) is 16.5. The Bertz CT molecular complexity index is 546. The second-order valence-electron chi connectivity index (χ2n) is 5.53. The Labute approximate surface area is 133 Å². The van der Waals surface area contributed by atoms with Crippen molar-refractivity contribution < 1.29 is 14.2 Å². The molecule has 0 N–H and O–H groups in total. The summed E-state index contributed by atoms with van der Waals surface area (Å²) in [6.07, 6.45) is 9.72. The standard InChI is InChI=1S/C19H26O3/c1-5-7-8-9-10-15-11-14-12-18(20-3)19(21-4)13-16(14)17(6-2)22-15/h6,11-13,17H,2,5,7-10H2,1,3-4H3. The van der Waals surface area contributed by atoms with Crippen molar-refractivity contribution in [3.8, 4) is 11.5 Å². The highest BCUT2D eigenvalue weighted by Crippen LogP contribution is 2.40. The summed E-state index contributed by atoms with van der Waals surface area (Å²) >= 11 is 0. The topological polar surface area (TPSA) is 27.7 Å². The lowest BCUT2D eigenvalue weighted by Gasteiger charge is -2.26. The number of benzene rings is 1. The van der Waals surface area contributed by atoms with Crippen molar-refractivity contribution in [2.24, 2.45) is 0 Å². The van der Waals surface area contributed by atoms with Crippen LogP contribution in [0.25, 0.3) is 6.08 Å². The van der Waals surface area contributed by atoms with E-state index >= 15 is 0 Å². The molecule has 3 heteroatoms. The van der Waals surface area contributed by atoms with Crippen molar-refractivity contribution in [2.75, 3.05) is 14.2 Å². The molecule has 0 radical (unpaired) electrons. The van der Waals surface area contributed by atoms with Gasteiger partial charge in [0.2, 0.25) is 0 Å². The van der Waals surface area contributed by atoms with Gasteiger partial charge < -0.3 is 14.2 Å². The highest BCUT2D eigenvalue weighted by atomic mass is 16.5. The summed E-state index contributed by atoms with van der Waals surface area (Å²) in [5.74, 6) is 2.49. The zero-order chi connectivity index (χ0) is 15.9. The molecule has 1 heterocycles. The molecule has 3 nitrogen and oxygen atoms in total. The molecule has 0 aromatic heterocycles. The molecule has 1 atom stereocenters. The van der Waals surface area contributed by atoms with Crippen molar-refractivity contribution in [3.05, 3.63) is 41.7 Å². The molecule has 0 aliphatic carbocycles. The van der Waals surface area contributed by atoms with Crippen molar-refractivity contribution in [1.82, 2.24) is 0 Å². The van der Waals surface area contributed by atoms with Gasteiger partial charge in [0.15, 0.2) is 11.5 Å². The van der Waals surface area contributed by atoms with E-state index < -0.39 is 0 Å². The van der Waals surface area contributed by atoms with E-state index in [1.54, 1.807) is 14.2 Å². The van der Waals surface area contributed by atoms with Crippen LogP contribution in [0.15, 0.2) is 30.5 Å². The van der Waals surface area contributed by atoms with Crippen LogP contribution in [0.2, 0.25) is 0 Å². The monoisotopic (exact) mass is 302 g/mol.